The highest BCUT2D eigenvalue weighted by atomic mass is 16.6. The van der Waals surface area contributed by atoms with Crippen molar-refractivity contribution < 1.29 is 23.8 Å². The molecule has 0 aromatic rings. The van der Waals surface area contributed by atoms with Crippen LogP contribution in [0.4, 0.5) is 4.79 Å². The summed E-state index contributed by atoms with van der Waals surface area (Å²) in [5.41, 5.74) is -1.32. The van der Waals surface area contributed by atoms with E-state index in [0.29, 0.717) is 32.6 Å². The zero-order valence-corrected chi connectivity index (χ0v) is 11.9. The van der Waals surface area contributed by atoms with E-state index in [0.717, 1.165) is 12.8 Å². The third-order valence-electron chi connectivity index (χ3n) is 3.08. The first-order chi connectivity index (χ1) is 9.12. The molecule has 0 saturated carbocycles. The molecular formula is C13H23NO5. The maximum atomic E-state index is 12.1. The van der Waals surface area contributed by atoms with Crippen LogP contribution in [0.25, 0.3) is 0 Å². The van der Waals surface area contributed by atoms with Crippen molar-refractivity contribution in [2.45, 2.75) is 45.3 Å². The van der Waals surface area contributed by atoms with Crippen LogP contribution in [0, 0.1) is 0 Å². The topological polar surface area (TPSA) is 65.1 Å². The average molecular weight is 273 g/mol. The van der Waals surface area contributed by atoms with E-state index in [2.05, 4.69) is 0 Å². The number of amides is 1. The lowest BCUT2D eigenvalue weighted by Gasteiger charge is -2.33. The Morgan fingerprint density at radius 3 is 2.37 bits per heavy atom. The molecule has 0 radical (unpaired) electrons. The SMILES string of the molecule is CCCOC(=O)N1CCC[C@@]1(OC)C(=O)OCCC. The van der Waals surface area contributed by atoms with Crippen LogP contribution < -0.4 is 0 Å². The quantitative estimate of drug-likeness (QED) is 0.692. The zero-order valence-electron chi connectivity index (χ0n) is 11.9. The number of ether oxygens (including phenoxy) is 3. The highest BCUT2D eigenvalue weighted by Gasteiger charge is 2.52. The van der Waals surface area contributed by atoms with Crippen molar-refractivity contribution in [1.82, 2.24) is 4.90 Å². The van der Waals surface area contributed by atoms with Crippen LogP contribution in [-0.2, 0) is 19.0 Å². The maximum absolute atomic E-state index is 12.1. The van der Waals surface area contributed by atoms with Gasteiger partial charge < -0.3 is 14.2 Å². The van der Waals surface area contributed by atoms with Gasteiger partial charge in [0.05, 0.1) is 13.2 Å². The van der Waals surface area contributed by atoms with Gasteiger partial charge in [0.15, 0.2) is 0 Å². The Hall–Kier alpha value is -1.30. The smallest absolute Gasteiger partial charge is 0.412 e. The first-order valence-electron chi connectivity index (χ1n) is 6.79. The molecule has 0 aliphatic carbocycles. The minimum atomic E-state index is -1.32. The Balaban J connectivity index is 2.78. The lowest BCUT2D eigenvalue weighted by molar-refractivity contribution is -0.186. The van der Waals surface area contributed by atoms with Gasteiger partial charge in [0, 0.05) is 20.1 Å². The fourth-order valence-corrected chi connectivity index (χ4v) is 2.11. The summed E-state index contributed by atoms with van der Waals surface area (Å²) >= 11 is 0. The van der Waals surface area contributed by atoms with Crippen molar-refractivity contribution in [1.29, 1.82) is 0 Å². The molecule has 1 saturated heterocycles. The van der Waals surface area contributed by atoms with E-state index in [9.17, 15) is 9.59 Å². The molecule has 0 N–H and O–H groups in total. The van der Waals surface area contributed by atoms with E-state index in [1.54, 1.807) is 0 Å². The van der Waals surface area contributed by atoms with Crippen molar-refractivity contribution in [2.24, 2.45) is 0 Å². The second-order valence-electron chi connectivity index (χ2n) is 4.49. The molecule has 0 aromatic heterocycles. The lowest BCUT2D eigenvalue weighted by Crippen LogP contribution is -2.55. The van der Waals surface area contributed by atoms with Crippen LogP contribution in [0.1, 0.15) is 39.5 Å². The highest BCUT2D eigenvalue weighted by molar-refractivity contribution is 5.85. The number of carbonyl (C=O) groups excluding carboxylic acids is 2. The monoisotopic (exact) mass is 273 g/mol. The number of rotatable bonds is 6. The number of nitrogens with zero attached hydrogens (tertiary/aromatic N) is 1. The molecule has 6 nitrogen and oxygen atoms in total. The van der Waals surface area contributed by atoms with E-state index in [-0.39, 0.29) is 0 Å². The van der Waals surface area contributed by atoms with Gasteiger partial charge >= 0.3 is 12.1 Å². The predicted molar refractivity (Wildman–Crippen MR) is 68.6 cm³/mol. The fraction of sp³-hybridized carbons (Fsp3) is 0.846. The number of carbonyl (C=O) groups is 2. The summed E-state index contributed by atoms with van der Waals surface area (Å²) in [6.45, 7) is 4.92. The fourth-order valence-electron chi connectivity index (χ4n) is 2.11. The Bertz CT molecular complexity index is 320. The van der Waals surface area contributed by atoms with Gasteiger partial charge in [-0.15, -0.1) is 0 Å². The average Bonchev–Trinajstić information content (AvgIpc) is 2.87. The third-order valence-corrected chi connectivity index (χ3v) is 3.08. The molecular weight excluding hydrogens is 250 g/mol. The molecule has 1 amide bonds. The minimum Gasteiger partial charge on any atom is -0.462 e. The molecule has 1 aliphatic heterocycles. The standard InChI is InChI=1S/C13H23NO5/c1-4-9-18-11(15)13(17-3)7-6-8-14(13)12(16)19-10-5-2/h4-10H2,1-3H3/t13-/m1/s1. The summed E-state index contributed by atoms with van der Waals surface area (Å²) in [4.78, 5) is 25.5. The molecule has 0 bridgehead atoms. The van der Waals surface area contributed by atoms with Crippen LogP contribution in [0.2, 0.25) is 0 Å². The van der Waals surface area contributed by atoms with Crippen LogP contribution >= 0.6 is 0 Å². The molecule has 1 atom stereocenters. The predicted octanol–water partition coefficient (Wildman–Crippen LogP) is 1.92. The molecule has 1 aliphatic rings. The van der Waals surface area contributed by atoms with E-state index in [4.69, 9.17) is 14.2 Å². The number of methoxy groups -OCH3 is 1. The second-order valence-corrected chi connectivity index (χ2v) is 4.49. The summed E-state index contributed by atoms with van der Waals surface area (Å²) in [6, 6.07) is 0. The Morgan fingerprint density at radius 1 is 1.16 bits per heavy atom. The van der Waals surface area contributed by atoms with Gasteiger partial charge in [0.25, 0.3) is 0 Å². The number of hydrogen-bond acceptors (Lipinski definition) is 5. The van der Waals surface area contributed by atoms with Crippen molar-refractivity contribution in [3.8, 4) is 0 Å². The maximum Gasteiger partial charge on any atom is 0.412 e. The van der Waals surface area contributed by atoms with Gasteiger partial charge in [0.1, 0.15) is 0 Å². The van der Waals surface area contributed by atoms with Crippen molar-refractivity contribution in [2.75, 3.05) is 26.9 Å². The van der Waals surface area contributed by atoms with Gasteiger partial charge in [-0.3, -0.25) is 4.90 Å². The number of esters is 1. The number of hydrogen-bond donors (Lipinski definition) is 0. The Morgan fingerprint density at radius 2 is 1.79 bits per heavy atom. The summed E-state index contributed by atoms with van der Waals surface area (Å²) in [6.07, 6.45) is 2.07. The third kappa shape index (κ3) is 3.37. The van der Waals surface area contributed by atoms with Crippen LogP contribution in [-0.4, -0.2) is 49.6 Å². The summed E-state index contributed by atoms with van der Waals surface area (Å²) < 4.78 is 15.5. The Labute approximate surface area is 114 Å². The molecule has 110 valence electrons. The first kappa shape index (κ1) is 15.8. The largest absolute Gasteiger partial charge is 0.462 e. The Kier molecular flexibility index (Phi) is 6.08. The van der Waals surface area contributed by atoms with Crippen molar-refractivity contribution in [3.63, 3.8) is 0 Å². The molecule has 1 heterocycles. The van der Waals surface area contributed by atoms with Gasteiger partial charge in [-0.2, -0.15) is 0 Å². The van der Waals surface area contributed by atoms with Gasteiger partial charge in [0.2, 0.25) is 5.72 Å². The molecule has 1 fully saturated rings. The van der Waals surface area contributed by atoms with Gasteiger partial charge in [-0.1, -0.05) is 13.8 Å². The molecule has 0 unspecified atom stereocenters. The van der Waals surface area contributed by atoms with Crippen LogP contribution in [0.15, 0.2) is 0 Å². The molecule has 19 heavy (non-hydrogen) atoms. The molecule has 6 heteroatoms. The van der Waals surface area contributed by atoms with Gasteiger partial charge in [-0.05, 0) is 19.3 Å². The first-order valence-corrected chi connectivity index (χ1v) is 6.79. The minimum absolute atomic E-state index is 0.321. The molecule has 1 rings (SSSR count). The van der Waals surface area contributed by atoms with Crippen molar-refractivity contribution in [3.05, 3.63) is 0 Å². The van der Waals surface area contributed by atoms with Crippen LogP contribution in [0.3, 0.4) is 0 Å². The normalized spacial score (nSPS) is 22.4. The van der Waals surface area contributed by atoms with Crippen molar-refractivity contribution >= 4 is 12.1 Å². The second kappa shape index (κ2) is 7.33. The summed E-state index contributed by atoms with van der Waals surface area (Å²) in [5.74, 6) is -0.511. The van der Waals surface area contributed by atoms with E-state index in [1.165, 1.54) is 12.0 Å². The molecule has 0 aromatic carbocycles. The van der Waals surface area contributed by atoms with Crippen LogP contribution in [0.5, 0.6) is 0 Å². The van der Waals surface area contributed by atoms with E-state index < -0.39 is 17.8 Å². The van der Waals surface area contributed by atoms with E-state index in [1.807, 2.05) is 13.8 Å². The zero-order chi connectivity index (χ0) is 14.3. The lowest BCUT2D eigenvalue weighted by atomic mass is 10.1. The molecule has 0 spiro atoms. The van der Waals surface area contributed by atoms with E-state index >= 15 is 0 Å². The summed E-state index contributed by atoms with van der Waals surface area (Å²) in [5, 5.41) is 0. The highest BCUT2D eigenvalue weighted by Crippen LogP contribution is 2.32. The summed E-state index contributed by atoms with van der Waals surface area (Å²) in [7, 11) is 1.42. The number of likely N-dealkylation sites (tertiary alicyclic amines) is 1. The van der Waals surface area contributed by atoms with Gasteiger partial charge in [-0.25, -0.2) is 9.59 Å².